The molecule has 0 fully saturated rings. The van der Waals surface area contributed by atoms with Crippen LogP contribution in [0.2, 0.25) is 0 Å². The largest absolute Gasteiger partial charge is 0.463 e. The SMILES string of the molecule is c1coc(-c2nc3c4ccccc4c4ccccc4c3nc2-c2ccco2)c1. The third kappa shape index (κ3) is 2.12. The van der Waals surface area contributed by atoms with E-state index < -0.39 is 0 Å². The molecule has 132 valence electrons. The molecule has 0 aliphatic carbocycles. The number of aromatic nitrogens is 2. The van der Waals surface area contributed by atoms with Gasteiger partial charge in [0.1, 0.15) is 11.4 Å². The van der Waals surface area contributed by atoms with Crippen molar-refractivity contribution in [1.82, 2.24) is 9.97 Å². The molecule has 4 nitrogen and oxygen atoms in total. The van der Waals surface area contributed by atoms with E-state index in [2.05, 4.69) is 36.4 Å². The Morgan fingerprint density at radius 1 is 0.464 bits per heavy atom. The third-order valence-electron chi connectivity index (χ3n) is 5.06. The molecule has 0 radical (unpaired) electrons. The van der Waals surface area contributed by atoms with E-state index in [1.54, 1.807) is 12.5 Å². The molecule has 28 heavy (non-hydrogen) atoms. The van der Waals surface area contributed by atoms with Crippen molar-refractivity contribution in [2.75, 3.05) is 0 Å². The summed E-state index contributed by atoms with van der Waals surface area (Å²) in [6.45, 7) is 0. The molecule has 0 saturated heterocycles. The molecule has 0 aliphatic heterocycles. The lowest BCUT2D eigenvalue weighted by molar-refractivity contribution is 0.572. The quantitative estimate of drug-likeness (QED) is 0.332. The molecule has 0 aliphatic rings. The first-order chi connectivity index (χ1) is 13.9. The maximum atomic E-state index is 5.66. The number of nitrogens with zero attached hydrogens (tertiary/aromatic N) is 2. The second-order valence-electron chi connectivity index (χ2n) is 6.66. The predicted molar refractivity (Wildman–Crippen MR) is 110 cm³/mol. The predicted octanol–water partition coefficient (Wildman–Crippen LogP) is 6.46. The molecule has 0 atom stereocenters. The van der Waals surface area contributed by atoms with Crippen molar-refractivity contribution in [2.45, 2.75) is 0 Å². The van der Waals surface area contributed by atoms with Crippen LogP contribution in [0.4, 0.5) is 0 Å². The summed E-state index contributed by atoms with van der Waals surface area (Å²) in [5.41, 5.74) is 3.06. The molecule has 0 spiro atoms. The zero-order valence-corrected chi connectivity index (χ0v) is 14.8. The molecule has 0 unspecified atom stereocenters. The van der Waals surface area contributed by atoms with Gasteiger partial charge < -0.3 is 8.83 Å². The number of fused-ring (bicyclic) bond motifs is 6. The maximum absolute atomic E-state index is 5.66. The molecule has 0 N–H and O–H groups in total. The van der Waals surface area contributed by atoms with Crippen LogP contribution < -0.4 is 0 Å². The fraction of sp³-hybridized carbons (Fsp3) is 0. The fourth-order valence-corrected chi connectivity index (χ4v) is 3.83. The van der Waals surface area contributed by atoms with Gasteiger partial charge in [0.05, 0.1) is 23.6 Å². The number of benzene rings is 3. The molecule has 6 rings (SSSR count). The Morgan fingerprint density at radius 3 is 1.29 bits per heavy atom. The zero-order valence-electron chi connectivity index (χ0n) is 14.8. The highest BCUT2D eigenvalue weighted by Crippen LogP contribution is 2.37. The molecule has 3 heterocycles. The monoisotopic (exact) mass is 362 g/mol. The highest BCUT2D eigenvalue weighted by Gasteiger charge is 2.20. The minimum absolute atomic E-state index is 0.665. The number of hydrogen-bond donors (Lipinski definition) is 0. The van der Waals surface area contributed by atoms with Crippen LogP contribution >= 0.6 is 0 Å². The van der Waals surface area contributed by atoms with Gasteiger partial charge in [-0.05, 0) is 35.0 Å². The first-order valence-corrected chi connectivity index (χ1v) is 9.09. The fourth-order valence-electron chi connectivity index (χ4n) is 3.83. The molecule has 3 aromatic carbocycles. The van der Waals surface area contributed by atoms with E-state index >= 15 is 0 Å². The highest BCUT2D eigenvalue weighted by atomic mass is 16.3. The Labute approximate surface area is 160 Å². The number of rotatable bonds is 2. The Balaban J connectivity index is 1.86. The Morgan fingerprint density at radius 2 is 0.893 bits per heavy atom. The molecular formula is C24H14N2O2. The summed E-state index contributed by atoms with van der Waals surface area (Å²) in [5.74, 6) is 1.33. The normalized spacial score (nSPS) is 11.6. The molecule has 4 heteroatoms. The average molecular weight is 362 g/mol. The first-order valence-electron chi connectivity index (χ1n) is 9.09. The van der Waals surface area contributed by atoms with Crippen LogP contribution in [0.3, 0.4) is 0 Å². The lowest BCUT2D eigenvalue weighted by atomic mass is 9.99. The summed E-state index contributed by atoms with van der Waals surface area (Å²) < 4.78 is 11.3. The van der Waals surface area contributed by atoms with Crippen molar-refractivity contribution in [1.29, 1.82) is 0 Å². The van der Waals surface area contributed by atoms with Crippen LogP contribution in [0, 0.1) is 0 Å². The van der Waals surface area contributed by atoms with Gasteiger partial charge in [-0.3, -0.25) is 0 Å². The molecule has 6 aromatic rings. The molecule has 0 bridgehead atoms. The summed E-state index contributed by atoms with van der Waals surface area (Å²) in [5, 5.41) is 4.47. The molecule has 3 aromatic heterocycles. The van der Waals surface area contributed by atoms with Gasteiger partial charge in [0.25, 0.3) is 0 Å². The van der Waals surface area contributed by atoms with Gasteiger partial charge >= 0.3 is 0 Å². The topological polar surface area (TPSA) is 52.1 Å². The van der Waals surface area contributed by atoms with Crippen LogP contribution in [-0.2, 0) is 0 Å². The summed E-state index contributed by atoms with van der Waals surface area (Å²) in [6, 6.07) is 24.1. The Hall–Kier alpha value is -3.92. The van der Waals surface area contributed by atoms with E-state index in [0.29, 0.717) is 22.9 Å². The summed E-state index contributed by atoms with van der Waals surface area (Å²) in [7, 11) is 0. The van der Waals surface area contributed by atoms with Gasteiger partial charge in [0.15, 0.2) is 11.5 Å². The molecular weight excluding hydrogens is 348 g/mol. The third-order valence-corrected chi connectivity index (χ3v) is 5.06. The van der Waals surface area contributed by atoms with E-state index in [1.807, 2.05) is 36.4 Å². The van der Waals surface area contributed by atoms with Crippen molar-refractivity contribution in [3.63, 3.8) is 0 Å². The van der Waals surface area contributed by atoms with Crippen LogP contribution in [0.5, 0.6) is 0 Å². The van der Waals surface area contributed by atoms with Crippen molar-refractivity contribution < 1.29 is 8.83 Å². The molecule has 0 saturated carbocycles. The van der Waals surface area contributed by atoms with E-state index in [-0.39, 0.29) is 0 Å². The van der Waals surface area contributed by atoms with Crippen LogP contribution in [0.15, 0.2) is 94.2 Å². The van der Waals surface area contributed by atoms with Crippen LogP contribution in [0.25, 0.3) is 55.5 Å². The Bertz CT molecular complexity index is 1340. The summed E-state index contributed by atoms with van der Waals surface area (Å²) in [6.07, 6.45) is 3.29. The van der Waals surface area contributed by atoms with Crippen molar-refractivity contribution in [3.05, 3.63) is 85.3 Å². The summed E-state index contributed by atoms with van der Waals surface area (Å²) >= 11 is 0. The lowest BCUT2D eigenvalue weighted by Gasteiger charge is -2.12. The van der Waals surface area contributed by atoms with Gasteiger partial charge in [0, 0.05) is 10.8 Å². The van der Waals surface area contributed by atoms with Crippen molar-refractivity contribution >= 4 is 32.6 Å². The van der Waals surface area contributed by atoms with Crippen LogP contribution in [-0.4, -0.2) is 9.97 Å². The van der Waals surface area contributed by atoms with Gasteiger partial charge in [-0.25, -0.2) is 9.97 Å². The Kier molecular flexibility index (Phi) is 3.14. The minimum Gasteiger partial charge on any atom is -0.463 e. The van der Waals surface area contributed by atoms with E-state index in [1.165, 1.54) is 0 Å². The smallest absolute Gasteiger partial charge is 0.154 e. The lowest BCUT2D eigenvalue weighted by Crippen LogP contribution is -1.96. The second-order valence-corrected chi connectivity index (χ2v) is 6.66. The van der Waals surface area contributed by atoms with E-state index in [0.717, 1.165) is 32.6 Å². The van der Waals surface area contributed by atoms with Crippen LogP contribution in [0.1, 0.15) is 0 Å². The van der Waals surface area contributed by atoms with Gasteiger partial charge in [-0.2, -0.15) is 0 Å². The second kappa shape index (κ2) is 5.79. The minimum atomic E-state index is 0.665. The molecule has 0 amide bonds. The van der Waals surface area contributed by atoms with Crippen molar-refractivity contribution in [3.8, 4) is 22.9 Å². The average Bonchev–Trinajstić information content (AvgIpc) is 3.47. The van der Waals surface area contributed by atoms with E-state index in [4.69, 9.17) is 18.8 Å². The van der Waals surface area contributed by atoms with E-state index in [9.17, 15) is 0 Å². The first kappa shape index (κ1) is 15.2. The van der Waals surface area contributed by atoms with Crippen molar-refractivity contribution in [2.24, 2.45) is 0 Å². The number of hydrogen-bond acceptors (Lipinski definition) is 4. The maximum Gasteiger partial charge on any atom is 0.154 e. The highest BCUT2D eigenvalue weighted by molar-refractivity contribution is 6.23. The zero-order chi connectivity index (χ0) is 18.5. The standard InChI is InChI=1S/C24H14N2O2/c1-3-9-17-15(7-1)16-8-2-4-10-18(16)22-21(17)25-23(19-11-5-13-27-19)24(26-22)20-12-6-14-28-20/h1-14H. The van der Waals surface area contributed by atoms with Gasteiger partial charge in [-0.1, -0.05) is 48.5 Å². The van der Waals surface area contributed by atoms with Gasteiger partial charge in [-0.15, -0.1) is 0 Å². The van der Waals surface area contributed by atoms with Gasteiger partial charge in [0.2, 0.25) is 0 Å². The number of furan rings is 2. The summed E-state index contributed by atoms with van der Waals surface area (Å²) in [4.78, 5) is 10.1.